The van der Waals surface area contributed by atoms with Crippen molar-refractivity contribution in [1.82, 2.24) is 10.6 Å². The lowest BCUT2D eigenvalue weighted by Gasteiger charge is -2.31. The highest BCUT2D eigenvalue weighted by Gasteiger charge is 2.34. The zero-order valence-electron chi connectivity index (χ0n) is 13.7. The fourth-order valence-electron chi connectivity index (χ4n) is 4.22. The highest BCUT2D eigenvalue weighted by molar-refractivity contribution is 5.85. The van der Waals surface area contributed by atoms with E-state index in [4.69, 9.17) is 4.74 Å². The molecule has 0 radical (unpaired) electrons. The summed E-state index contributed by atoms with van der Waals surface area (Å²) in [6.07, 6.45) is 12.1. The Morgan fingerprint density at radius 1 is 1.05 bits per heavy atom. The van der Waals surface area contributed by atoms with Crippen molar-refractivity contribution in [2.45, 2.75) is 101 Å². The van der Waals surface area contributed by atoms with Gasteiger partial charge in [-0.3, -0.25) is 4.79 Å². The van der Waals surface area contributed by atoms with Gasteiger partial charge in [-0.1, -0.05) is 25.7 Å². The average molecular weight is 331 g/mol. The van der Waals surface area contributed by atoms with Gasteiger partial charge in [-0.15, -0.1) is 12.4 Å². The molecule has 2 heterocycles. The molecule has 3 fully saturated rings. The van der Waals surface area contributed by atoms with Crippen LogP contribution in [-0.2, 0) is 9.53 Å². The molecule has 3 aliphatic rings. The molecule has 1 aliphatic carbocycles. The number of carbonyl (C=O) groups is 1. The predicted octanol–water partition coefficient (Wildman–Crippen LogP) is 2.94. The SMILES string of the molecule is CC(OC1CCCCCC1)C(=O)NC1CC2CCC(C1)N2.Cl. The first-order valence-corrected chi connectivity index (χ1v) is 8.92. The van der Waals surface area contributed by atoms with Crippen LogP contribution in [0.25, 0.3) is 0 Å². The van der Waals surface area contributed by atoms with Crippen molar-refractivity contribution in [3.8, 4) is 0 Å². The number of carbonyl (C=O) groups excluding carboxylic acids is 1. The normalized spacial score (nSPS) is 33.6. The lowest BCUT2D eigenvalue weighted by molar-refractivity contribution is -0.136. The summed E-state index contributed by atoms with van der Waals surface area (Å²) in [6.45, 7) is 1.91. The number of hydrogen-bond acceptors (Lipinski definition) is 3. The molecule has 0 aromatic rings. The van der Waals surface area contributed by atoms with Crippen molar-refractivity contribution < 1.29 is 9.53 Å². The van der Waals surface area contributed by atoms with E-state index in [1.165, 1.54) is 38.5 Å². The van der Waals surface area contributed by atoms with Crippen LogP contribution in [0.5, 0.6) is 0 Å². The molecule has 3 unspecified atom stereocenters. The lowest BCUT2D eigenvalue weighted by Crippen LogP contribution is -2.50. The second-order valence-corrected chi connectivity index (χ2v) is 7.21. The fourth-order valence-corrected chi connectivity index (χ4v) is 4.22. The van der Waals surface area contributed by atoms with Gasteiger partial charge < -0.3 is 15.4 Å². The minimum atomic E-state index is -0.305. The largest absolute Gasteiger partial charge is 0.365 e. The van der Waals surface area contributed by atoms with Crippen LogP contribution >= 0.6 is 12.4 Å². The maximum Gasteiger partial charge on any atom is 0.249 e. The van der Waals surface area contributed by atoms with Crippen molar-refractivity contribution >= 4 is 18.3 Å². The minimum absolute atomic E-state index is 0. The first-order chi connectivity index (χ1) is 10.2. The maximum atomic E-state index is 12.3. The third kappa shape index (κ3) is 4.84. The van der Waals surface area contributed by atoms with Crippen molar-refractivity contribution in [3.63, 3.8) is 0 Å². The smallest absolute Gasteiger partial charge is 0.249 e. The molecular formula is C17H31ClN2O2. The zero-order valence-corrected chi connectivity index (χ0v) is 14.5. The van der Waals surface area contributed by atoms with Gasteiger partial charge in [0.2, 0.25) is 5.91 Å². The van der Waals surface area contributed by atoms with Gasteiger partial charge >= 0.3 is 0 Å². The molecule has 4 nitrogen and oxygen atoms in total. The summed E-state index contributed by atoms with van der Waals surface area (Å²) >= 11 is 0. The van der Waals surface area contributed by atoms with Crippen LogP contribution in [0.15, 0.2) is 0 Å². The van der Waals surface area contributed by atoms with Crippen LogP contribution in [0.3, 0.4) is 0 Å². The Labute approximate surface area is 140 Å². The molecular weight excluding hydrogens is 300 g/mol. The number of halogens is 1. The minimum Gasteiger partial charge on any atom is -0.365 e. The number of ether oxygens (including phenoxy) is 1. The molecule has 0 spiro atoms. The fraction of sp³-hybridized carbons (Fsp3) is 0.941. The summed E-state index contributed by atoms with van der Waals surface area (Å²) in [5.74, 6) is 0.0885. The van der Waals surface area contributed by atoms with E-state index in [0.717, 1.165) is 25.7 Å². The summed E-state index contributed by atoms with van der Waals surface area (Å²) in [6, 6.07) is 1.58. The number of rotatable bonds is 4. The molecule has 2 N–H and O–H groups in total. The third-order valence-corrected chi connectivity index (χ3v) is 5.39. The Balaban J connectivity index is 0.00000176. The number of piperidine rings is 1. The second kappa shape index (κ2) is 8.51. The molecule has 0 aromatic carbocycles. The van der Waals surface area contributed by atoms with Crippen molar-refractivity contribution in [1.29, 1.82) is 0 Å². The Morgan fingerprint density at radius 3 is 2.23 bits per heavy atom. The third-order valence-electron chi connectivity index (χ3n) is 5.39. The van der Waals surface area contributed by atoms with Crippen LogP contribution in [0, 0.1) is 0 Å². The molecule has 3 atom stereocenters. The van der Waals surface area contributed by atoms with E-state index >= 15 is 0 Å². The van der Waals surface area contributed by atoms with E-state index in [2.05, 4.69) is 10.6 Å². The monoisotopic (exact) mass is 330 g/mol. The summed E-state index contributed by atoms with van der Waals surface area (Å²) in [7, 11) is 0. The van der Waals surface area contributed by atoms with E-state index < -0.39 is 0 Å². The molecule has 3 rings (SSSR count). The van der Waals surface area contributed by atoms with Crippen LogP contribution in [0.4, 0.5) is 0 Å². The Morgan fingerprint density at radius 2 is 1.64 bits per heavy atom. The van der Waals surface area contributed by atoms with Crippen molar-refractivity contribution in [3.05, 3.63) is 0 Å². The lowest BCUT2D eigenvalue weighted by atomic mass is 9.99. The summed E-state index contributed by atoms with van der Waals surface area (Å²) in [5.41, 5.74) is 0. The summed E-state index contributed by atoms with van der Waals surface area (Å²) in [4.78, 5) is 12.3. The predicted molar refractivity (Wildman–Crippen MR) is 90.4 cm³/mol. The maximum absolute atomic E-state index is 12.3. The van der Waals surface area contributed by atoms with Gasteiger partial charge in [0.25, 0.3) is 0 Å². The molecule has 5 heteroatoms. The summed E-state index contributed by atoms with van der Waals surface area (Å²) < 4.78 is 6.02. The van der Waals surface area contributed by atoms with Crippen LogP contribution in [0.2, 0.25) is 0 Å². The van der Waals surface area contributed by atoms with E-state index in [-0.39, 0.29) is 30.5 Å². The van der Waals surface area contributed by atoms with Gasteiger partial charge in [0.1, 0.15) is 6.10 Å². The van der Waals surface area contributed by atoms with Gasteiger partial charge in [-0.25, -0.2) is 0 Å². The standard InChI is InChI=1S/C17H30N2O2.ClH/c1-12(21-16-6-4-2-3-5-7-16)17(20)19-15-10-13-8-9-14(11-15)18-13;/h12-16,18H,2-11H2,1H3,(H,19,20);1H. The number of hydrogen-bond donors (Lipinski definition) is 2. The molecule has 128 valence electrons. The van der Waals surface area contributed by atoms with Gasteiger partial charge in [-0.05, 0) is 45.4 Å². The average Bonchev–Trinajstić information content (AvgIpc) is 2.67. The molecule has 22 heavy (non-hydrogen) atoms. The van der Waals surface area contributed by atoms with Crippen LogP contribution in [-0.4, -0.2) is 36.2 Å². The summed E-state index contributed by atoms with van der Waals surface area (Å²) in [5, 5.41) is 6.83. The molecule has 1 saturated carbocycles. The van der Waals surface area contributed by atoms with E-state index in [9.17, 15) is 4.79 Å². The number of fused-ring (bicyclic) bond motifs is 2. The quantitative estimate of drug-likeness (QED) is 0.779. The van der Waals surface area contributed by atoms with Crippen molar-refractivity contribution in [2.24, 2.45) is 0 Å². The Hall–Kier alpha value is -0.320. The van der Waals surface area contributed by atoms with Crippen LogP contribution < -0.4 is 10.6 Å². The molecule has 2 saturated heterocycles. The van der Waals surface area contributed by atoms with Gasteiger partial charge in [-0.2, -0.15) is 0 Å². The molecule has 2 bridgehead atoms. The number of amides is 1. The second-order valence-electron chi connectivity index (χ2n) is 7.21. The number of nitrogens with one attached hydrogen (secondary N) is 2. The van der Waals surface area contributed by atoms with E-state index in [0.29, 0.717) is 18.1 Å². The molecule has 1 amide bonds. The van der Waals surface area contributed by atoms with E-state index in [1.807, 2.05) is 6.92 Å². The highest BCUT2D eigenvalue weighted by atomic mass is 35.5. The topological polar surface area (TPSA) is 50.4 Å². The van der Waals surface area contributed by atoms with Gasteiger partial charge in [0.15, 0.2) is 0 Å². The van der Waals surface area contributed by atoms with Gasteiger partial charge in [0, 0.05) is 18.1 Å². The Bertz CT molecular complexity index is 347. The molecule has 2 aliphatic heterocycles. The van der Waals surface area contributed by atoms with E-state index in [1.54, 1.807) is 0 Å². The highest BCUT2D eigenvalue weighted by Crippen LogP contribution is 2.27. The Kier molecular flexibility index (Phi) is 6.97. The van der Waals surface area contributed by atoms with Gasteiger partial charge in [0.05, 0.1) is 6.10 Å². The van der Waals surface area contributed by atoms with Crippen molar-refractivity contribution in [2.75, 3.05) is 0 Å². The van der Waals surface area contributed by atoms with Crippen LogP contribution in [0.1, 0.15) is 71.1 Å². The first kappa shape index (κ1) is 18.0. The zero-order chi connectivity index (χ0) is 14.7. The molecule has 0 aromatic heterocycles. The first-order valence-electron chi connectivity index (χ1n) is 8.92.